The molecule has 0 aliphatic carbocycles. The molecule has 2 amide bonds. The molecule has 0 aliphatic heterocycles. The second kappa shape index (κ2) is 14.6. The fourth-order valence-electron chi connectivity index (χ4n) is 4.13. The molecule has 41 heavy (non-hydrogen) atoms. The summed E-state index contributed by atoms with van der Waals surface area (Å²) in [5, 5.41) is 4.09. The van der Waals surface area contributed by atoms with Gasteiger partial charge in [-0.25, -0.2) is 8.42 Å². The average molecular weight is 659 g/mol. The molecule has 3 aromatic carbocycles. The number of hydrogen-bond acceptors (Lipinski definition) is 4. The minimum Gasteiger partial charge on any atom is -0.352 e. The molecule has 0 spiro atoms. The van der Waals surface area contributed by atoms with Crippen LogP contribution in [0, 0.1) is 0 Å². The molecule has 0 saturated carbocycles. The number of sulfonamides is 1. The molecule has 1 N–H and O–H groups in total. The first kappa shape index (κ1) is 33.0. The normalized spacial score (nSPS) is 12.9. The third kappa shape index (κ3) is 9.51. The van der Waals surface area contributed by atoms with Crippen molar-refractivity contribution in [2.75, 3.05) is 17.1 Å². The fourth-order valence-corrected chi connectivity index (χ4v) is 5.94. The largest absolute Gasteiger partial charge is 0.352 e. The number of halogens is 4. The smallest absolute Gasteiger partial charge is 0.244 e. The van der Waals surface area contributed by atoms with Crippen molar-refractivity contribution in [2.24, 2.45) is 0 Å². The van der Waals surface area contributed by atoms with E-state index in [1.54, 1.807) is 18.2 Å². The van der Waals surface area contributed by atoms with Gasteiger partial charge in [0.15, 0.2) is 0 Å². The highest BCUT2D eigenvalue weighted by Crippen LogP contribution is 2.28. The van der Waals surface area contributed by atoms with Crippen LogP contribution in [0.3, 0.4) is 0 Å². The predicted octanol–water partition coefficient (Wildman–Crippen LogP) is 6.62. The van der Waals surface area contributed by atoms with Crippen LogP contribution in [0.4, 0.5) is 5.69 Å². The van der Waals surface area contributed by atoms with E-state index in [0.717, 1.165) is 16.1 Å². The van der Waals surface area contributed by atoms with Crippen LogP contribution < -0.4 is 9.62 Å². The van der Waals surface area contributed by atoms with Gasteiger partial charge in [0.05, 0.1) is 11.9 Å². The van der Waals surface area contributed by atoms with E-state index in [0.29, 0.717) is 22.0 Å². The zero-order valence-corrected chi connectivity index (χ0v) is 26.6. The van der Waals surface area contributed by atoms with E-state index < -0.39 is 28.5 Å². The summed E-state index contributed by atoms with van der Waals surface area (Å²) in [5.41, 5.74) is 1.47. The first-order valence-corrected chi connectivity index (χ1v) is 16.2. The minimum absolute atomic E-state index is 0.0752. The van der Waals surface area contributed by atoms with Crippen LogP contribution in [0.1, 0.15) is 31.4 Å². The molecular weight excluding hydrogens is 628 g/mol. The Morgan fingerprint density at radius 2 is 1.54 bits per heavy atom. The number of benzene rings is 3. The maximum atomic E-state index is 14.1. The van der Waals surface area contributed by atoms with Gasteiger partial charge in [-0.05, 0) is 54.8 Å². The third-order valence-corrected chi connectivity index (χ3v) is 8.61. The Balaban J connectivity index is 2.11. The number of nitrogens with one attached hydrogen (secondary N) is 1. The van der Waals surface area contributed by atoms with E-state index in [1.165, 1.54) is 23.1 Å². The molecule has 0 radical (unpaired) electrons. The van der Waals surface area contributed by atoms with Crippen molar-refractivity contribution in [2.45, 2.75) is 45.3 Å². The van der Waals surface area contributed by atoms with E-state index in [-0.39, 0.29) is 40.6 Å². The highest BCUT2D eigenvalue weighted by Gasteiger charge is 2.34. The van der Waals surface area contributed by atoms with Crippen molar-refractivity contribution in [1.29, 1.82) is 0 Å². The van der Waals surface area contributed by atoms with Crippen molar-refractivity contribution in [3.8, 4) is 0 Å². The van der Waals surface area contributed by atoms with Crippen molar-refractivity contribution >= 4 is 73.9 Å². The Morgan fingerprint density at radius 1 is 0.902 bits per heavy atom. The summed E-state index contributed by atoms with van der Waals surface area (Å²) < 4.78 is 26.7. The Morgan fingerprint density at radius 3 is 2.10 bits per heavy atom. The predicted molar refractivity (Wildman–Crippen MR) is 167 cm³/mol. The number of amides is 2. The number of nitrogens with zero attached hydrogens (tertiary/aromatic N) is 2. The third-order valence-electron chi connectivity index (χ3n) is 6.44. The molecule has 2 atom stereocenters. The van der Waals surface area contributed by atoms with Crippen molar-refractivity contribution in [3.63, 3.8) is 0 Å². The molecular formula is C29H31Cl4N3O4S. The van der Waals surface area contributed by atoms with Gasteiger partial charge >= 0.3 is 0 Å². The highest BCUT2D eigenvalue weighted by molar-refractivity contribution is 7.92. The summed E-state index contributed by atoms with van der Waals surface area (Å²) in [7, 11) is -3.97. The molecule has 0 aromatic heterocycles. The Labute approximate surface area is 261 Å². The molecule has 0 unspecified atom stereocenters. The van der Waals surface area contributed by atoms with Crippen LogP contribution in [-0.2, 0) is 32.6 Å². The van der Waals surface area contributed by atoms with Gasteiger partial charge in [0.2, 0.25) is 21.8 Å². The van der Waals surface area contributed by atoms with Crippen LogP contribution in [0.25, 0.3) is 0 Å². The second-order valence-corrected chi connectivity index (χ2v) is 13.3. The number of carbonyl (C=O) groups excluding carboxylic acids is 2. The maximum Gasteiger partial charge on any atom is 0.244 e. The maximum absolute atomic E-state index is 14.1. The fraction of sp³-hybridized carbons (Fsp3) is 0.310. The zero-order valence-electron chi connectivity index (χ0n) is 22.8. The lowest BCUT2D eigenvalue weighted by molar-refractivity contribution is -0.140. The lowest BCUT2D eigenvalue weighted by Crippen LogP contribution is -2.54. The second-order valence-electron chi connectivity index (χ2n) is 9.68. The van der Waals surface area contributed by atoms with Crippen LogP contribution in [0.5, 0.6) is 0 Å². The van der Waals surface area contributed by atoms with Crippen LogP contribution in [0.15, 0.2) is 66.7 Å². The molecule has 220 valence electrons. The van der Waals surface area contributed by atoms with E-state index in [9.17, 15) is 18.0 Å². The highest BCUT2D eigenvalue weighted by atomic mass is 35.5. The van der Waals surface area contributed by atoms with E-state index in [1.807, 2.05) is 44.2 Å². The molecule has 0 fully saturated rings. The Hall–Kier alpha value is -2.49. The molecule has 3 rings (SSSR count). The summed E-state index contributed by atoms with van der Waals surface area (Å²) in [4.78, 5) is 29.2. The van der Waals surface area contributed by atoms with Gasteiger partial charge in [0.1, 0.15) is 12.6 Å². The lowest BCUT2D eigenvalue weighted by atomic mass is 10.0. The molecule has 12 heteroatoms. The average Bonchev–Trinajstić information content (AvgIpc) is 2.89. The number of carbonyl (C=O) groups is 2. The SMILES string of the molecule is CC[C@@H](C)NC(=O)[C@@H](Cc1ccccc1)N(Cc1ccc(Cl)cc1Cl)C(=O)CN(c1cc(Cl)cc(Cl)c1)S(C)(=O)=O. The molecule has 0 saturated heterocycles. The number of anilines is 1. The quantitative estimate of drug-likeness (QED) is 0.237. The van der Waals surface area contributed by atoms with Gasteiger partial charge in [-0.1, -0.05) is 89.7 Å². The summed E-state index contributed by atoms with van der Waals surface area (Å²) >= 11 is 24.9. The first-order valence-electron chi connectivity index (χ1n) is 12.8. The lowest BCUT2D eigenvalue weighted by Gasteiger charge is -2.34. The molecule has 3 aromatic rings. The van der Waals surface area contributed by atoms with Crippen molar-refractivity contribution in [3.05, 3.63) is 97.9 Å². The summed E-state index contributed by atoms with van der Waals surface area (Å²) in [6, 6.07) is 17.2. The molecule has 0 aliphatic rings. The monoisotopic (exact) mass is 657 g/mol. The van der Waals surface area contributed by atoms with Crippen molar-refractivity contribution < 1.29 is 18.0 Å². The zero-order chi connectivity index (χ0) is 30.3. The summed E-state index contributed by atoms with van der Waals surface area (Å²) in [5.74, 6) is -1.00. The Kier molecular flexibility index (Phi) is 11.8. The number of hydrogen-bond donors (Lipinski definition) is 1. The van der Waals surface area contributed by atoms with Gasteiger partial charge in [0, 0.05) is 39.1 Å². The standard InChI is InChI=1S/C29H31Cl4N3O4S/c1-4-19(2)34-29(38)27(12-20-8-6-5-7-9-20)35(17-21-10-11-22(30)16-26(21)33)28(37)18-36(41(3,39)40)25-14-23(31)13-24(32)15-25/h5-11,13-16,19,27H,4,12,17-18H2,1-3H3,(H,34,38)/t19-,27-/m1/s1. The summed E-state index contributed by atoms with van der Waals surface area (Å²) in [6.07, 6.45) is 1.84. The van der Waals surface area contributed by atoms with Gasteiger partial charge in [-0.2, -0.15) is 0 Å². The van der Waals surface area contributed by atoms with Gasteiger partial charge in [-0.3, -0.25) is 13.9 Å². The van der Waals surface area contributed by atoms with Crippen molar-refractivity contribution in [1.82, 2.24) is 10.2 Å². The van der Waals surface area contributed by atoms with E-state index in [2.05, 4.69) is 5.32 Å². The van der Waals surface area contributed by atoms with Gasteiger partial charge < -0.3 is 10.2 Å². The summed E-state index contributed by atoms with van der Waals surface area (Å²) in [6.45, 7) is 3.12. The molecule has 7 nitrogen and oxygen atoms in total. The topological polar surface area (TPSA) is 86.8 Å². The van der Waals surface area contributed by atoms with Crippen LogP contribution in [-0.4, -0.2) is 50.0 Å². The number of rotatable bonds is 12. The van der Waals surface area contributed by atoms with Gasteiger partial charge in [-0.15, -0.1) is 0 Å². The van der Waals surface area contributed by atoms with Crippen LogP contribution >= 0.6 is 46.4 Å². The molecule has 0 bridgehead atoms. The van der Waals surface area contributed by atoms with Crippen LogP contribution in [0.2, 0.25) is 20.1 Å². The first-order chi connectivity index (χ1) is 19.3. The minimum atomic E-state index is -3.97. The Bertz CT molecular complexity index is 1470. The molecule has 0 heterocycles. The van der Waals surface area contributed by atoms with E-state index in [4.69, 9.17) is 46.4 Å². The van der Waals surface area contributed by atoms with E-state index >= 15 is 0 Å². The van der Waals surface area contributed by atoms with Gasteiger partial charge in [0.25, 0.3) is 0 Å².